The summed E-state index contributed by atoms with van der Waals surface area (Å²) in [5, 5.41) is 1.97. The van der Waals surface area contributed by atoms with Gasteiger partial charge in [0, 0.05) is 19.5 Å². The first-order chi connectivity index (χ1) is 12.7. The van der Waals surface area contributed by atoms with Crippen LogP contribution in [0.15, 0.2) is 17.6 Å². The fraction of sp³-hybridized carbons (Fsp3) is 0.500. The number of anilines is 2. The SMILES string of the molecule is CC(C)(C)OC(=O)N1C(=O)O[C@H]2CCN(c3c(N)cnc4ccsc34)C[C@H]21. The lowest BCUT2D eigenvalue weighted by Gasteiger charge is -2.37. The number of nitrogens with two attached hydrogens (primary N) is 1. The van der Waals surface area contributed by atoms with E-state index in [9.17, 15) is 9.59 Å². The number of rotatable bonds is 1. The summed E-state index contributed by atoms with van der Waals surface area (Å²) in [4.78, 5) is 32.4. The standard InChI is InChI=1S/C18H22N4O4S/c1-18(2,3)26-17(24)22-12-9-21(6-4-13(12)25-16(22)23)14-10(19)8-20-11-5-7-27-15(11)14/h5,7-8,12-13H,4,6,9,19H2,1-3H3/t12-,13+/m1/s1. The molecule has 4 heterocycles. The Labute approximate surface area is 160 Å². The van der Waals surface area contributed by atoms with Gasteiger partial charge in [-0.1, -0.05) is 0 Å². The summed E-state index contributed by atoms with van der Waals surface area (Å²) in [6, 6.07) is 1.54. The Morgan fingerprint density at radius 1 is 1.44 bits per heavy atom. The van der Waals surface area contributed by atoms with Crippen LogP contribution < -0.4 is 10.6 Å². The van der Waals surface area contributed by atoms with Crippen molar-refractivity contribution in [3.05, 3.63) is 17.6 Å². The molecule has 2 N–H and O–H groups in total. The third kappa shape index (κ3) is 3.16. The molecular weight excluding hydrogens is 368 g/mol. The quantitative estimate of drug-likeness (QED) is 0.798. The van der Waals surface area contributed by atoms with E-state index in [0.29, 0.717) is 25.2 Å². The Morgan fingerprint density at radius 2 is 2.22 bits per heavy atom. The fourth-order valence-corrected chi connectivity index (χ4v) is 4.51. The highest BCUT2D eigenvalue weighted by atomic mass is 32.1. The molecule has 2 aliphatic rings. The molecule has 4 rings (SSSR count). The molecule has 0 unspecified atom stereocenters. The van der Waals surface area contributed by atoms with Gasteiger partial charge >= 0.3 is 12.2 Å². The van der Waals surface area contributed by atoms with Gasteiger partial charge in [-0.2, -0.15) is 0 Å². The van der Waals surface area contributed by atoms with Gasteiger partial charge in [-0.15, -0.1) is 11.3 Å². The Bertz CT molecular complexity index is 906. The lowest BCUT2D eigenvalue weighted by atomic mass is 10.0. The van der Waals surface area contributed by atoms with Gasteiger partial charge in [0.2, 0.25) is 0 Å². The summed E-state index contributed by atoms with van der Waals surface area (Å²) in [5.41, 5.74) is 7.89. The van der Waals surface area contributed by atoms with E-state index >= 15 is 0 Å². The van der Waals surface area contributed by atoms with Gasteiger partial charge in [0.1, 0.15) is 17.7 Å². The average molecular weight is 390 g/mol. The van der Waals surface area contributed by atoms with Crippen molar-refractivity contribution in [1.29, 1.82) is 0 Å². The van der Waals surface area contributed by atoms with Gasteiger partial charge in [0.05, 0.1) is 27.8 Å². The number of carbonyl (C=O) groups is 2. The summed E-state index contributed by atoms with van der Waals surface area (Å²) in [5.74, 6) is 0. The topological polar surface area (TPSA) is 98.0 Å². The molecule has 2 atom stereocenters. The molecule has 0 radical (unpaired) electrons. The third-order valence-corrected chi connectivity index (χ3v) is 5.59. The van der Waals surface area contributed by atoms with E-state index in [2.05, 4.69) is 9.88 Å². The summed E-state index contributed by atoms with van der Waals surface area (Å²) in [6.45, 7) is 6.42. The summed E-state index contributed by atoms with van der Waals surface area (Å²) in [7, 11) is 0. The Morgan fingerprint density at radius 3 is 2.96 bits per heavy atom. The van der Waals surface area contributed by atoms with Crippen LogP contribution >= 0.6 is 11.3 Å². The maximum absolute atomic E-state index is 12.6. The van der Waals surface area contributed by atoms with Crippen molar-refractivity contribution in [3.8, 4) is 0 Å². The van der Waals surface area contributed by atoms with Crippen LogP contribution in [-0.2, 0) is 9.47 Å². The van der Waals surface area contributed by atoms with Crippen molar-refractivity contribution in [2.45, 2.75) is 44.9 Å². The minimum absolute atomic E-state index is 0.330. The molecule has 144 valence electrons. The van der Waals surface area contributed by atoms with Gasteiger partial charge in [-0.05, 0) is 32.2 Å². The van der Waals surface area contributed by atoms with Crippen molar-refractivity contribution in [1.82, 2.24) is 9.88 Å². The van der Waals surface area contributed by atoms with Crippen LogP contribution in [0.5, 0.6) is 0 Å². The van der Waals surface area contributed by atoms with Crippen molar-refractivity contribution < 1.29 is 19.1 Å². The minimum atomic E-state index is -0.692. The number of pyridine rings is 1. The molecule has 0 saturated carbocycles. The number of piperidine rings is 1. The molecule has 0 spiro atoms. The Balaban J connectivity index is 1.63. The van der Waals surface area contributed by atoms with E-state index in [1.54, 1.807) is 38.3 Å². The van der Waals surface area contributed by atoms with Gasteiger partial charge in [-0.25, -0.2) is 14.5 Å². The zero-order valence-electron chi connectivity index (χ0n) is 15.5. The first kappa shape index (κ1) is 17.8. The molecule has 2 aliphatic heterocycles. The van der Waals surface area contributed by atoms with E-state index < -0.39 is 23.8 Å². The second-order valence-electron chi connectivity index (χ2n) is 7.77. The third-order valence-electron chi connectivity index (χ3n) is 4.68. The number of nitrogens with zero attached hydrogens (tertiary/aromatic N) is 3. The average Bonchev–Trinajstić information content (AvgIpc) is 3.15. The molecule has 0 bridgehead atoms. The van der Waals surface area contributed by atoms with E-state index in [1.165, 1.54) is 0 Å². The van der Waals surface area contributed by atoms with E-state index in [1.807, 2.05) is 11.4 Å². The number of aromatic nitrogens is 1. The number of imide groups is 1. The monoisotopic (exact) mass is 390 g/mol. The van der Waals surface area contributed by atoms with Gasteiger partial charge in [0.15, 0.2) is 0 Å². The van der Waals surface area contributed by atoms with E-state index in [0.717, 1.165) is 20.8 Å². The zero-order valence-corrected chi connectivity index (χ0v) is 16.3. The molecule has 2 fully saturated rings. The van der Waals surface area contributed by atoms with Crippen LogP contribution in [0.3, 0.4) is 0 Å². The van der Waals surface area contributed by atoms with Gasteiger partial charge < -0.3 is 20.1 Å². The molecular formula is C18H22N4O4S. The number of amides is 2. The molecule has 0 aromatic carbocycles. The highest BCUT2D eigenvalue weighted by molar-refractivity contribution is 7.17. The van der Waals surface area contributed by atoms with Crippen LogP contribution in [0.4, 0.5) is 21.0 Å². The molecule has 0 aliphatic carbocycles. The number of fused-ring (bicyclic) bond motifs is 2. The summed E-state index contributed by atoms with van der Waals surface area (Å²) >= 11 is 1.57. The summed E-state index contributed by atoms with van der Waals surface area (Å²) < 4.78 is 11.8. The summed E-state index contributed by atoms with van der Waals surface area (Å²) in [6.07, 6.45) is 0.613. The number of hydrogen-bond donors (Lipinski definition) is 1. The van der Waals surface area contributed by atoms with Gasteiger partial charge in [-0.3, -0.25) is 4.98 Å². The molecule has 2 aromatic rings. The first-order valence-corrected chi connectivity index (χ1v) is 9.72. The van der Waals surface area contributed by atoms with Crippen LogP contribution in [0.25, 0.3) is 10.2 Å². The van der Waals surface area contributed by atoms with Crippen LogP contribution in [0.1, 0.15) is 27.2 Å². The van der Waals surface area contributed by atoms with E-state index in [4.69, 9.17) is 15.2 Å². The smallest absolute Gasteiger partial charge is 0.420 e. The molecule has 2 amide bonds. The maximum atomic E-state index is 12.6. The second kappa shape index (κ2) is 6.26. The van der Waals surface area contributed by atoms with Crippen molar-refractivity contribution >= 4 is 45.1 Å². The number of ether oxygens (including phenoxy) is 2. The van der Waals surface area contributed by atoms with E-state index in [-0.39, 0.29) is 6.10 Å². The molecule has 9 heteroatoms. The predicted molar refractivity (Wildman–Crippen MR) is 103 cm³/mol. The minimum Gasteiger partial charge on any atom is -0.443 e. The van der Waals surface area contributed by atoms with Crippen molar-refractivity contribution in [2.75, 3.05) is 23.7 Å². The van der Waals surface area contributed by atoms with Crippen molar-refractivity contribution in [2.24, 2.45) is 0 Å². The first-order valence-electron chi connectivity index (χ1n) is 8.84. The van der Waals surface area contributed by atoms with Crippen LogP contribution in [-0.4, -0.2) is 52.9 Å². The molecule has 27 heavy (non-hydrogen) atoms. The lowest BCUT2D eigenvalue weighted by molar-refractivity contribution is 0.0285. The highest BCUT2D eigenvalue weighted by Gasteiger charge is 2.49. The largest absolute Gasteiger partial charge is 0.443 e. The van der Waals surface area contributed by atoms with Gasteiger partial charge in [0.25, 0.3) is 0 Å². The normalized spacial score (nSPS) is 22.7. The van der Waals surface area contributed by atoms with Crippen LogP contribution in [0.2, 0.25) is 0 Å². The Hall–Kier alpha value is -2.55. The highest BCUT2D eigenvalue weighted by Crippen LogP contribution is 2.38. The fourth-order valence-electron chi connectivity index (χ4n) is 3.58. The second-order valence-corrected chi connectivity index (χ2v) is 8.69. The van der Waals surface area contributed by atoms with Crippen LogP contribution in [0, 0.1) is 0 Å². The molecule has 8 nitrogen and oxygen atoms in total. The number of thiophene rings is 1. The number of hydrogen-bond acceptors (Lipinski definition) is 8. The number of nitrogen functional groups attached to an aromatic ring is 1. The van der Waals surface area contributed by atoms with Crippen molar-refractivity contribution in [3.63, 3.8) is 0 Å². The number of carbonyl (C=O) groups excluding carboxylic acids is 2. The lowest BCUT2D eigenvalue weighted by Crippen LogP contribution is -2.53. The molecule has 2 saturated heterocycles. The zero-order chi connectivity index (χ0) is 19.3. The maximum Gasteiger partial charge on any atom is 0.420 e. The Kier molecular flexibility index (Phi) is 4.14. The predicted octanol–water partition coefficient (Wildman–Crippen LogP) is 3.21. The molecule has 2 aromatic heterocycles.